The third kappa shape index (κ3) is 13.6. The molecule has 12 nitrogen and oxygen atoms in total. The van der Waals surface area contributed by atoms with Crippen LogP contribution in [0.4, 0.5) is 0 Å². The molecule has 0 aliphatic rings. The highest BCUT2D eigenvalue weighted by atomic mass is 32.1. The van der Waals surface area contributed by atoms with E-state index in [1.807, 2.05) is 27.7 Å². The fourth-order valence-electron chi connectivity index (χ4n) is 5.05. The summed E-state index contributed by atoms with van der Waals surface area (Å²) in [5.41, 5.74) is 0.994. The summed E-state index contributed by atoms with van der Waals surface area (Å²) in [5, 5.41) is 16.9. The van der Waals surface area contributed by atoms with Crippen LogP contribution in [-0.4, -0.2) is 70.8 Å². The number of allylic oxidation sites excluding steroid dienone is 1. The first-order valence-electron chi connectivity index (χ1n) is 15.7. The lowest BCUT2D eigenvalue weighted by molar-refractivity contribution is -0.150. The predicted molar refractivity (Wildman–Crippen MR) is 178 cm³/mol. The van der Waals surface area contributed by atoms with Crippen LogP contribution < -0.4 is 10.6 Å². The molecule has 4 atom stereocenters. The molecule has 0 saturated heterocycles. The van der Waals surface area contributed by atoms with E-state index in [-0.39, 0.29) is 43.0 Å². The van der Waals surface area contributed by atoms with Crippen molar-refractivity contribution in [3.8, 4) is 5.75 Å². The van der Waals surface area contributed by atoms with Crippen molar-refractivity contribution in [3.05, 3.63) is 58.2 Å². The van der Waals surface area contributed by atoms with Crippen molar-refractivity contribution in [2.75, 3.05) is 13.3 Å². The first-order chi connectivity index (χ1) is 22.2. The van der Waals surface area contributed by atoms with Gasteiger partial charge < -0.3 is 34.9 Å². The Hall–Kier alpha value is -4.26. The molecule has 0 fully saturated rings. The van der Waals surface area contributed by atoms with E-state index in [1.165, 1.54) is 11.8 Å². The summed E-state index contributed by atoms with van der Waals surface area (Å²) in [5.74, 6) is -0.891. The molecule has 2 rings (SSSR count). The minimum absolute atomic E-state index is 0.117. The molecule has 0 radical (unpaired) electrons. The van der Waals surface area contributed by atoms with Gasteiger partial charge in [-0.1, -0.05) is 53.3 Å². The smallest absolute Gasteiger partial charge is 0.303 e. The minimum atomic E-state index is -0.887. The van der Waals surface area contributed by atoms with E-state index in [0.717, 1.165) is 23.2 Å². The van der Waals surface area contributed by atoms with Gasteiger partial charge in [-0.05, 0) is 42.4 Å². The fourth-order valence-corrected chi connectivity index (χ4v) is 5.89. The number of aldehydes is 1. The molecule has 3 N–H and O–H groups in total. The van der Waals surface area contributed by atoms with Crippen LogP contribution in [0.3, 0.4) is 0 Å². The number of ether oxygens (including phenoxy) is 2. The zero-order chi connectivity index (χ0) is 35.1. The highest BCUT2D eigenvalue weighted by molar-refractivity contribution is 7.09. The van der Waals surface area contributed by atoms with E-state index in [2.05, 4.69) is 22.2 Å². The van der Waals surface area contributed by atoms with E-state index in [9.17, 15) is 29.1 Å². The SMILES string of the molecule is C=C(CC(C)C)OCN(C(=O)CNC=O)C(CC(OC(C)=O)c1nc(C(=O)NC(Cc2ccc(O)cc2)CC(C)C=O)cs1)C(C)C. The number of hydrogen-bond acceptors (Lipinski definition) is 10. The Morgan fingerprint density at radius 1 is 1.09 bits per heavy atom. The summed E-state index contributed by atoms with van der Waals surface area (Å²) < 4.78 is 11.5. The van der Waals surface area contributed by atoms with Crippen LogP contribution in [0.1, 0.15) is 88.0 Å². The quantitative estimate of drug-likeness (QED) is 0.0747. The molecule has 1 aromatic carbocycles. The van der Waals surface area contributed by atoms with Crippen LogP contribution in [-0.2, 0) is 35.1 Å². The van der Waals surface area contributed by atoms with Crippen molar-refractivity contribution in [2.45, 2.75) is 85.4 Å². The van der Waals surface area contributed by atoms with Gasteiger partial charge in [0.05, 0.1) is 12.3 Å². The van der Waals surface area contributed by atoms with Gasteiger partial charge in [-0.3, -0.25) is 19.2 Å². The summed E-state index contributed by atoms with van der Waals surface area (Å²) in [4.78, 5) is 67.2. The molecular weight excluding hydrogens is 624 g/mol. The summed E-state index contributed by atoms with van der Waals surface area (Å²) in [6.45, 7) is 14.5. The van der Waals surface area contributed by atoms with E-state index >= 15 is 0 Å². The normalized spacial score (nSPS) is 13.6. The Bertz CT molecular complexity index is 1340. The van der Waals surface area contributed by atoms with Gasteiger partial charge in [-0.15, -0.1) is 11.3 Å². The van der Waals surface area contributed by atoms with Gasteiger partial charge in [0, 0.05) is 43.1 Å². The van der Waals surface area contributed by atoms with Gasteiger partial charge >= 0.3 is 5.97 Å². The number of esters is 1. The Labute approximate surface area is 280 Å². The maximum Gasteiger partial charge on any atom is 0.303 e. The minimum Gasteiger partial charge on any atom is -0.508 e. The van der Waals surface area contributed by atoms with Crippen molar-refractivity contribution in [1.82, 2.24) is 20.5 Å². The molecule has 0 saturated carbocycles. The molecule has 3 amide bonds. The maximum absolute atomic E-state index is 13.4. The number of benzene rings is 1. The number of aromatic hydroxyl groups is 1. The number of nitrogens with zero attached hydrogens (tertiary/aromatic N) is 2. The molecule has 1 aromatic heterocycles. The second kappa shape index (κ2) is 19.4. The molecule has 2 aromatic rings. The molecule has 0 aliphatic carbocycles. The van der Waals surface area contributed by atoms with Gasteiger partial charge in [-0.2, -0.15) is 0 Å². The number of hydrogen-bond donors (Lipinski definition) is 3. The number of aromatic nitrogens is 1. The summed E-state index contributed by atoms with van der Waals surface area (Å²) in [7, 11) is 0. The summed E-state index contributed by atoms with van der Waals surface area (Å²) in [6.07, 6.45) is 1.97. The van der Waals surface area contributed by atoms with Crippen molar-refractivity contribution in [3.63, 3.8) is 0 Å². The molecule has 4 unspecified atom stereocenters. The number of phenolic OH excluding ortho intramolecular Hbond substituents is 1. The van der Waals surface area contributed by atoms with Crippen molar-refractivity contribution >= 4 is 41.8 Å². The van der Waals surface area contributed by atoms with Crippen LogP contribution in [0, 0.1) is 17.8 Å². The molecule has 13 heteroatoms. The second-order valence-electron chi connectivity index (χ2n) is 12.4. The first kappa shape index (κ1) is 38.9. The fraction of sp³-hybridized carbons (Fsp3) is 0.529. The maximum atomic E-state index is 13.4. The average molecular weight is 673 g/mol. The molecule has 0 bridgehead atoms. The summed E-state index contributed by atoms with van der Waals surface area (Å²) >= 11 is 1.15. The van der Waals surface area contributed by atoms with Crippen LogP contribution >= 0.6 is 11.3 Å². The van der Waals surface area contributed by atoms with Crippen LogP contribution in [0.2, 0.25) is 0 Å². The lowest BCUT2D eigenvalue weighted by Gasteiger charge is -2.36. The monoisotopic (exact) mass is 672 g/mol. The number of carbonyl (C=O) groups excluding carboxylic acids is 5. The Kier molecular flexibility index (Phi) is 16.1. The number of phenols is 1. The molecule has 47 heavy (non-hydrogen) atoms. The van der Waals surface area contributed by atoms with E-state index in [0.29, 0.717) is 42.4 Å². The van der Waals surface area contributed by atoms with Crippen molar-refractivity contribution < 1.29 is 38.6 Å². The van der Waals surface area contributed by atoms with Gasteiger partial charge in [0.1, 0.15) is 22.7 Å². The second-order valence-corrected chi connectivity index (χ2v) is 13.3. The van der Waals surface area contributed by atoms with E-state index in [4.69, 9.17) is 9.47 Å². The average Bonchev–Trinajstić information content (AvgIpc) is 3.50. The van der Waals surface area contributed by atoms with E-state index < -0.39 is 36.0 Å². The molecule has 0 spiro atoms. The third-order valence-corrected chi connectivity index (χ3v) is 8.24. The number of thiazole rings is 1. The molecular formula is C34H48N4O8S. The Morgan fingerprint density at radius 3 is 2.34 bits per heavy atom. The number of nitrogens with one attached hydrogen (secondary N) is 2. The molecule has 258 valence electrons. The lowest BCUT2D eigenvalue weighted by Crippen LogP contribution is -2.48. The van der Waals surface area contributed by atoms with Gasteiger partial charge in [-0.25, -0.2) is 4.98 Å². The highest BCUT2D eigenvalue weighted by Crippen LogP contribution is 2.31. The molecule has 1 heterocycles. The molecule has 0 aliphatic heterocycles. The number of rotatable bonds is 21. The summed E-state index contributed by atoms with van der Waals surface area (Å²) in [6, 6.07) is 5.73. The zero-order valence-electron chi connectivity index (χ0n) is 28.1. The first-order valence-corrected chi connectivity index (χ1v) is 16.6. The lowest BCUT2D eigenvalue weighted by atomic mass is 9.96. The van der Waals surface area contributed by atoms with Gasteiger partial charge in [0.25, 0.3) is 5.91 Å². The number of amides is 3. The van der Waals surface area contributed by atoms with Crippen LogP contribution in [0.5, 0.6) is 5.75 Å². The Morgan fingerprint density at radius 2 is 1.77 bits per heavy atom. The standard InChI is InChI=1S/C34H48N4O8S/c1-21(2)12-24(6)45-20-38(32(43)16-35-19-40)30(22(3)4)15-31(46-25(7)41)34-37-29(18-47-34)33(44)36-27(13-23(5)17-39)14-26-8-10-28(42)11-9-26/h8-11,17-19,21-23,27,30-31,42H,6,12-16,20H2,1-5,7H3,(H,35,40)(H,36,44). The van der Waals surface area contributed by atoms with Crippen LogP contribution in [0.25, 0.3) is 0 Å². The van der Waals surface area contributed by atoms with Gasteiger partial charge in [0.2, 0.25) is 12.3 Å². The highest BCUT2D eigenvalue weighted by Gasteiger charge is 2.33. The largest absolute Gasteiger partial charge is 0.508 e. The third-order valence-electron chi connectivity index (χ3n) is 7.31. The van der Waals surface area contributed by atoms with E-state index in [1.54, 1.807) is 36.6 Å². The van der Waals surface area contributed by atoms with Crippen molar-refractivity contribution in [2.24, 2.45) is 17.8 Å². The zero-order valence-corrected chi connectivity index (χ0v) is 28.9. The van der Waals surface area contributed by atoms with Crippen LogP contribution in [0.15, 0.2) is 42.0 Å². The van der Waals surface area contributed by atoms with Crippen molar-refractivity contribution in [1.29, 1.82) is 0 Å². The topological polar surface area (TPSA) is 164 Å². The number of carbonyl (C=O) groups is 5. The Balaban J connectivity index is 2.32. The predicted octanol–water partition coefficient (Wildman–Crippen LogP) is 4.54. The van der Waals surface area contributed by atoms with Gasteiger partial charge in [0.15, 0.2) is 12.8 Å².